The van der Waals surface area contributed by atoms with Crippen LogP contribution in [0.15, 0.2) is 23.0 Å². The van der Waals surface area contributed by atoms with Crippen molar-refractivity contribution < 1.29 is 39.6 Å². The SMILES string of the molecule is CC1CCC[C@@H]1C(=O)NCc1cc(N(C)C)c2c(c1O)C(O)=C1C(=O)[C@@]3(O)C(O)=C(C(N)=O)C(=O)[C@H](N(C)C)[C@H]3C[C@H]1C2. The number of aromatic hydroxyl groups is 1. The minimum absolute atomic E-state index is 0.000901. The molecule has 5 rings (SSSR count). The van der Waals surface area contributed by atoms with Crippen molar-refractivity contribution >= 4 is 34.8 Å². The van der Waals surface area contributed by atoms with E-state index >= 15 is 0 Å². The van der Waals surface area contributed by atoms with Crippen LogP contribution in [0.1, 0.15) is 49.3 Å². The molecule has 1 aromatic carbocycles. The van der Waals surface area contributed by atoms with Crippen LogP contribution in [-0.4, -0.2) is 88.5 Å². The lowest BCUT2D eigenvalue weighted by Crippen LogP contribution is -2.65. The summed E-state index contributed by atoms with van der Waals surface area (Å²) in [5, 5.41) is 48.8. The average Bonchev–Trinajstić information content (AvgIpc) is 3.35. The van der Waals surface area contributed by atoms with Gasteiger partial charge in [0, 0.05) is 49.3 Å². The third kappa shape index (κ3) is 4.50. The Morgan fingerprint density at radius 3 is 2.35 bits per heavy atom. The fourth-order valence-electron chi connectivity index (χ4n) is 7.73. The number of hydrogen-bond donors (Lipinski definition) is 6. The first kappa shape index (κ1) is 30.6. The molecule has 4 aliphatic rings. The van der Waals surface area contributed by atoms with E-state index < -0.39 is 58.0 Å². The Morgan fingerprint density at radius 1 is 1.12 bits per heavy atom. The highest BCUT2D eigenvalue weighted by Crippen LogP contribution is 2.54. The predicted octanol–water partition coefficient (Wildman–Crippen LogP) is 1.08. The van der Waals surface area contributed by atoms with E-state index in [2.05, 4.69) is 5.32 Å². The molecule has 1 aromatic rings. The number of carbonyl (C=O) groups excluding carboxylic acids is 4. The number of likely N-dealkylation sites (N-methyl/N-ethyl adjacent to an activating group) is 1. The quantitative estimate of drug-likeness (QED) is 0.259. The van der Waals surface area contributed by atoms with Gasteiger partial charge in [-0.2, -0.15) is 0 Å². The maximum absolute atomic E-state index is 14.1. The monoisotopic (exact) mass is 596 g/mol. The van der Waals surface area contributed by atoms with E-state index in [0.717, 1.165) is 19.3 Å². The number of fused-ring (bicyclic) bond motifs is 3. The second kappa shape index (κ2) is 10.7. The number of amides is 2. The highest BCUT2D eigenvalue weighted by atomic mass is 16.3. The number of anilines is 1. The third-order valence-corrected chi connectivity index (χ3v) is 9.91. The number of ketones is 2. The molecule has 0 aromatic heterocycles. The van der Waals surface area contributed by atoms with Crippen LogP contribution in [0.4, 0.5) is 5.69 Å². The number of Topliss-reactive ketones (excluding diaryl/α,β-unsaturated/α-hetero) is 2. The number of carbonyl (C=O) groups is 4. The molecule has 7 N–H and O–H groups in total. The molecule has 4 aliphatic carbocycles. The first-order valence-corrected chi connectivity index (χ1v) is 14.6. The van der Waals surface area contributed by atoms with Crippen LogP contribution in [0.5, 0.6) is 5.75 Å². The smallest absolute Gasteiger partial charge is 0.255 e. The van der Waals surface area contributed by atoms with Crippen LogP contribution in [0.2, 0.25) is 0 Å². The largest absolute Gasteiger partial charge is 0.508 e. The third-order valence-electron chi connectivity index (χ3n) is 9.91. The van der Waals surface area contributed by atoms with Gasteiger partial charge in [-0.15, -0.1) is 0 Å². The first-order chi connectivity index (χ1) is 20.1. The number of aliphatic hydroxyl groups is 3. The molecule has 0 bridgehead atoms. The standard InChI is InChI=1S/C31H40N4O8/c1-13-7-6-8-16(13)30(42)33-12-15-11-19(34(2)3)17-9-14-10-18-23(35(4)5)26(38)22(29(32)41)28(40)31(18,43)27(39)20(14)25(37)21(17)24(15)36/h11,13-14,16,18,23,36-37,40,43H,6-10,12H2,1-5H3,(H2,32,41)(H,33,42)/t13?,14-,16+,18-,23-,31-/m1/s1. The maximum atomic E-state index is 14.1. The molecule has 0 aliphatic heterocycles. The number of hydrogen-bond acceptors (Lipinski definition) is 10. The molecule has 0 radical (unpaired) electrons. The van der Waals surface area contributed by atoms with Crippen LogP contribution in [0.3, 0.4) is 0 Å². The summed E-state index contributed by atoms with van der Waals surface area (Å²) in [6.45, 7) is 2.03. The van der Waals surface area contributed by atoms with Crippen molar-refractivity contribution in [3.63, 3.8) is 0 Å². The normalized spacial score (nSPS) is 30.3. The lowest BCUT2D eigenvalue weighted by atomic mass is 9.57. The van der Waals surface area contributed by atoms with Crippen LogP contribution in [-0.2, 0) is 32.1 Å². The van der Waals surface area contributed by atoms with Gasteiger partial charge in [-0.1, -0.05) is 13.3 Å². The number of nitrogens with zero attached hydrogens (tertiary/aromatic N) is 2. The Kier molecular flexibility index (Phi) is 7.58. The summed E-state index contributed by atoms with van der Waals surface area (Å²) in [5.41, 5.74) is 3.18. The van der Waals surface area contributed by atoms with E-state index in [-0.39, 0.29) is 54.0 Å². The fraction of sp³-hybridized carbons (Fsp3) is 0.548. The minimum Gasteiger partial charge on any atom is -0.508 e. The first-order valence-electron chi connectivity index (χ1n) is 14.6. The van der Waals surface area contributed by atoms with Gasteiger partial charge in [0.25, 0.3) is 5.91 Å². The summed E-state index contributed by atoms with van der Waals surface area (Å²) in [6.07, 6.45) is 2.95. The highest BCUT2D eigenvalue weighted by molar-refractivity contribution is 6.24. The van der Waals surface area contributed by atoms with E-state index in [1.165, 1.54) is 4.90 Å². The van der Waals surface area contributed by atoms with Crippen molar-refractivity contribution in [1.29, 1.82) is 0 Å². The topological polar surface area (TPSA) is 194 Å². The van der Waals surface area contributed by atoms with Gasteiger partial charge in [0.15, 0.2) is 11.4 Å². The Morgan fingerprint density at radius 2 is 1.79 bits per heavy atom. The second-order valence-electron chi connectivity index (χ2n) is 12.8. The van der Waals surface area contributed by atoms with Gasteiger partial charge in [-0.05, 0) is 63.2 Å². The lowest BCUT2D eigenvalue weighted by Gasteiger charge is -2.50. The number of aliphatic hydroxyl groups excluding tert-OH is 2. The Bertz CT molecular complexity index is 1490. The molecule has 2 fully saturated rings. The van der Waals surface area contributed by atoms with E-state index in [9.17, 15) is 39.6 Å². The molecule has 0 heterocycles. The minimum atomic E-state index is -2.70. The zero-order valence-corrected chi connectivity index (χ0v) is 25.1. The molecule has 2 saturated carbocycles. The zero-order chi connectivity index (χ0) is 31.7. The summed E-state index contributed by atoms with van der Waals surface area (Å²) in [6, 6.07) is 0.597. The summed E-state index contributed by atoms with van der Waals surface area (Å²) in [7, 11) is 6.71. The summed E-state index contributed by atoms with van der Waals surface area (Å²) >= 11 is 0. The summed E-state index contributed by atoms with van der Waals surface area (Å²) < 4.78 is 0. The van der Waals surface area contributed by atoms with Gasteiger partial charge in [0.2, 0.25) is 11.7 Å². The number of benzene rings is 1. The molecular formula is C31H40N4O8. The van der Waals surface area contributed by atoms with Gasteiger partial charge >= 0.3 is 0 Å². The Labute approximate surface area is 249 Å². The van der Waals surface area contributed by atoms with Gasteiger partial charge in [0.1, 0.15) is 22.8 Å². The molecule has 12 nitrogen and oxygen atoms in total. The van der Waals surface area contributed by atoms with Crippen molar-refractivity contribution in [1.82, 2.24) is 10.2 Å². The van der Waals surface area contributed by atoms with Crippen molar-refractivity contribution in [2.24, 2.45) is 29.4 Å². The van der Waals surface area contributed by atoms with Crippen molar-refractivity contribution in [3.8, 4) is 5.75 Å². The molecule has 1 unspecified atom stereocenters. The average molecular weight is 597 g/mol. The summed E-state index contributed by atoms with van der Waals surface area (Å²) in [5.74, 6) is -6.92. The summed E-state index contributed by atoms with van der Waals surface area (Å²) in [4.78, 5) is 55.7. The molecule has 0 spiro atoms. The molecule has 12 heteroatoms. The van der Waals surface area contributed by atoms with Crippen molar-refractivity contribution in [2.75, 3.05) is 33.1 Å². The molecular weight excluding hydrogens is 556 g/mol. The molecule has 0 saturated heterocycles. The van der Waals surface area contributed by atoms with Gasteiger partial charge < -0.3 is 36.4 Å². The van der Waals surface area contributed by atoms with Gasteiger partial charge in [0.05, 0.1) is 11.6 Å². The van der Waals surface area contributed by atoms with Crippen molar-refractivity contribution in [2.45, 2.75) is 57.2 Å². The molecule has 232 valence electrons. The number of nitrogens with two attached hydrogens (primary N) is 1. The number of phenolic OH excluding ortho intramolecular Hbond substituents is 1. The van der Waals surface area contributed by atoms with Crippen LogP contribution < -0.4 is 16.0 Å². The lowest BCUT2D eigenvalue weighted by molar-refractivity contribution is -0.153. The number of nitrogens with one attached hydrogen (secondary N) is 1. The number of primary amides is 1. The van der Waals surface area contributed by atoms with Crippen LogP contribution >= 0.6 is 0 Å². The van der Waals surface area contributed by atoms with E-state index in [4.69, 9.17) is 5.73 Å². The maximum Gasteiger partial charge on any atom is 0.255 e. The van der Waals surface area contributed by atoms with Gasteiger partial charge in [-0.3, -0.25) is 24.1 Å². The highest BCUT2D eigenvalue weighted by Gasteiger charge is 2.64. The fourth-order valence-corrected chi connectivity index (χ4v) is 7.73. The van der Waals surface area contributed by atoms with Crippen LogP contribution in [0, 0.1) is 23.7 Å². The number of rotatable bonds is 6. The van der Waals surface area contributed by atoms with Gasteiger partial charge in [-0.25, -0.2) is 0 Å². The van der Waals surface area contributed by atoms with E-state index in [0.29, 0.717) is 16.8 Å². The molecule has 43 heavy (non-hydrogen) atoms. The molecule has 6 atom stereocenters. The van der Waals surface area contributed by atoms with E-state index in [1.54, 1.807) is 34.3 Å². The Balaban J connectivity index is 1.62. The molecule has 2 amide bonds. The van der Waals surface area contributed by atoms with Crippen molar-refractivity contribution in [3.05, 3.63) is 39.7 Å². The second-order valence-corrected chi connectivity index (χ2v) is 12.8. The predicted molar refractivity (Wildman–Crippen MR) is 157 cm³/mol. The Hall–Kier alpha value is -3.90. The number of phenols is 1. The zero-order valence-electron chi connectivity index (χ0n) is 25.1. The van der Waals surface area contributed by atoms with E-state index in [1.807, 2.05) is 11.8 Å². The van der Waals surface area contributed by atoms with Crippen LogP contribution in [0.25, 0.3) is 5.76 Å².